The van der Waals surface area contributed by atoms with Crippen LogP contribution in [0.1, 0.15) is 47.5 Å². The maximum absolute atomic E-state index is 5.26. The minimum Gasteiger partial charge on any atom is -0.380 e. The normalized spacial score (nSPS) is 22.9. The molecule has 0 amide bonds. The number of nitrogens with zero attached hydrogens (tertiary/aromatic N) is 1. The molecule has 2 nitrogen and oxygen atoms in total. The van der Waals surface area contributed by atoms with Crippen molar-refractivity contribution < 1.29 is 4.74 Å². The first-order valence-electron chi connectivity index (χ1n) is 5.98. The van der Waals surface area contributed by atoms with Gasteiger partial charge in [-0.05, 0) is 33.4 Å². The zero-order valence-electron chi connectivity index (χ0n) is 11.1. The van der Waals surface area contributed by atoms with E-state index in [0.29, 0.717) is 12.1 Å². The van der Waals surface area contributed by atoms with Gasteiger partial charge in [0.2, 0.25) is 0 Å². The van der Waals surface area contributed by atoms with Crippen LogP contribution in [0.3, 0.4) is 0 Å². The fourth-order valence-electron chi connectivity index (χ4n) is 1.69. The summed E-state index contributed by atoms with van der Waals surface area (Å²) in [6.07, 6.45) is 3.02. The zero-order chi connectivity index (χ0) is 11.6. The second-order valence-electron chi connectivity index (χ2n) is 3.13. The largest absolute Gasteiger partial charge is 0.380 e. The van der Waals surface area contributed by atoms with E-state index in [1.54, 1.807) is 7.11 Å². The molecule has 0 N–H and O–H groups in total. The van der Waals surface area contributed by atoms with Crippen LogP contribution in [-0.2, 0) is 4.74 Å². The van der Waals surface area contributed by atoms with Crippen molar-refractivity contribution in [2.24, 2.45) is 0 Å². The number of methoxy groups -OCH3 is 1. The molecule has 0 aliphatic carbocycles. The van der Waals surface area contributed by atoms with Crippen molar-refractivity contribution >= 4 is 0 Å². The highest BCUT2D eigenvalue weighted by Gasteiger charge is 2.25. The van der Waals surface area contributed by atoms with Gasteiger partial charge in [-0.25, -0.2) is 0 Å². The molecule has 14 heavy (non-hydrogen) atoms. The number of rotatable bonds is 2. The summed E-state index contributed by atoms with van der Waals surface area (Å²) in [5, 5.41) is 0. The van der Waals surface area contributed by atoms with Crippen LogP contribution < -0.4 is 0 Å². The first kappa shape index (κ1) is 16.4. The van der Waals surface area contributed by atoms with Crippen LogP contribution >= 0.6 is 0 Å². The van der Waals surface area contributed by atoms with E-state index in [0.717, 1.165) is 0 Å². The molecule has 1 rings (SSSR count). The molecule has 1 aliphatic rings. The van der Waals surface area contributed by atoms with Crippen molar-refractivity contribution in [1.29, 1.82) is 0 Å². The number of likely N-dealkylation sites (N-methyl/N-ethyl adjacent to an activating group) is 1. The molecule has 2 atom stereocenters. The number of likely N-dealkylation sites (tertiary alicyclic amines) is 1. The van der Waals surface area contributed by atoms with Gasteiger partial charge in [0.05, 0.1) is 6.10 Å². The summed E-state index contributed by atoms with van der Waals surface area (Å²) in [4.78, 5) is 2.38. The van der Waals surface area contributed by atoms with Gasteiger partial charge in [0.1, 0.15) is 0 Å². The van der Waals surface area contributed by atoms with Crippen LogP contribution in [0.15, 0.2) is 0 Å². The van der Waals surface area contributed by atoms with Crippen LogP contribution in [0, 0.1) is 0 Å². The quantitative estimate of drug-likeness (QED) is 0.683. The first-order valence-corrected chi connectivity index (χ1v) is 5.98. The monoisotopic (exact) mass is 203 g/mol. The van der Waals surface area contributed by atoms with Crippen molar-refractivity contribution in [2.75, 3.05) is 20.7 Å². The fourth-order valence-corrected chi connectivity index (χ4v) is 1.69. The lowest BCUT2D eigenvalue weighted by atomic mass is 10.1. The van der Waals surface area contributed by atoms with Gasteiger partial charge in [0.15, 0.2) is 0 Å². The lowest BCUT2D eigenvalue weighted by molar-refractivity contribution is 0.0531. The SMILES string of the molecule is CC.CC.COC(C)C1CCCN1C. The second-order valence-corrected chi connectivity index (χ2v) is 3.13. The molecule has 0 spiro atoms. The molecule has 0 bridgehead atoms. The molecule has 1 saturated heterocycles. The third kappa shape index (κ3) is 5.61. The topological polar surface area (TPSA) is 12.5 Å². The summed E-state index contributed by atoms with van der Waals surface area (Å²) < 4.78 is 5.26. The highest BCUT2D eigenvalue weighted by Crippen LogP contribution is 2.18. The van der Waals surface area contributed by atoms with Gasteiger partial charge in [-0.15, -0.1) is 0 Å². The Morgan fingerprint density at radius 2 is 1.71 bits per heavy atom. The summed E-state index contributed by atoms with van der Waals surface area (Å²) in [6, 6.07) is 0.657. The maximum Gasteiger partial charge on any atom is 0.0698 e. The van der Waals surface area contributed by atoms with Crippen LogP contribution in [0.5, 0.6) is 0 Å². The number of ether oxygens (including phenoxy) is 1. The van der Waals surface area contributed by atoms with Gasteiger partial charge in [0.25, 0.3) is 0 Å². The molecule has 88 valence electrons. The minimum absolute atomic E-state index is 0.396. The molecule has 1 heterocycles. The van der Waals surface area contributed by atoms with Crippen LogP contribution in [0.4, 0.5) is 0 Å². The van der Waals surface area contributed by atoms with Gasteiger partial charge < -0.3 is 9.64 Å². The van der Waals surface area contributed by atoms with E-state index < -0.39 is 0 Å². The summed E-state index contributed by atoms with van der Waals surface area (Å²) in [5.74, 6) is 0. The minimum atomic E-state index is 0.396. The van der Waals surface area contributed by atoms with Crippen molar-refractivity contribution in [1.82, 2.24) is 4.90 Å². The second kappa shape index (κ2) is 11.0. The van der Waals surface area contributed by atoms with Crippen LogP contribution in [0.25, 0.3) is 0 Å². The smallest absolute Gasteiger partial charge is 0.0698 e. The lowest BCUT2D eigenvalue weighted by Gasteiger charge is -2.24. The van der Waals surface area contributed by atoms with Crippen molar-refractivity contribution in [3.63, 3.8) is 0 Å². The molecule has 0 saturated carbocycles. The van der Waals surface area contributed by atoms with E-state index >= 15 is 0 Å². The van der Waals surface area contributed by atoms with E-state index in [1.165, 1.54) is 19.4 Å². The van der Waals surface area contributed by atoms with E-state index in [2.05, 4.69) is 18.9 Å². The lowest BCUT2D eigenvalue weighted by Crippen LogP contribution is -2.35. The molecular weight excluding hydrogens is 174 g/mol. The third-order valence-corrected chi connectivity index (χ3v) is 2.49. The van der Waals surface area contributed by atoms with Gasteiger partial charge in [-0.1, -0.05) is 27.7 Å². The Labute approximate surface area is 90.6 Å². The molecule has 0 aromatic rings. The third-order valence-electron chi connectivity index (χ3n) is 2.49. The Hall–Kier alpha value is -0.0800. The highest BCUT2D eigenvalue weighted by atomic mass is 16.5. The molecule has 1 fully saturated rings. The fraction of sp³-hybridized carbons (Fsp3) is 1.00. The average Bonchev–Trinajstić information content (AvgIpc) is 2.69. The van der Waals surface area contributed by atoms with Crippen molar-refractivity contribution in [3.8, 4) is 0 Å². The molecule has 0 aromatic carbocycles. The van der Waals surface area contributed by atoms with Crippen molar-refractivity contribution in [2.45, 2.75) is 59.6 Å². The standard InChI is InChI=1S/C8H17NO.2C2H6/c1-7(10-3)8-5-4-6-9(8)2;2*1-2/h7-8H,4-6H2,1-3H3;2*1-2H3. The Kier molecular flexibility index (Phi) is 12.8. The molecular formula is C12H29NO. The first-order chi connectivity index (χ1) is 6.75. The molecule has 1 aliphatic heterocycles. The predicted octanol–water partition coefficient (Wildman–Crippen LogP) is 3.17. The Morgan fingerprint density at radius 1 is 1.21 bits per heavy atom. The Balaban J connectivity index is 0. The van der Waals surface area contributed by atoms with Gasteiger partial charge in [-0.3, -0.25) is 0 Å². The van der Waals surface area contributed by atoms with Gasteiger partial charge >= 0.3 is 0 Å². The van der Waals surface area contributed by atoms with E-state index in [-0.39, 0.29) is 0 Å². The Morgan fingerprint density at radius 3 is 2.00 bits per heavy atom. The summed E-state index contributed by atoms with van der Waals surface area (Å²) in [6.45, 7) is 11.4. The van der Waals surface area contributed by atoms with E-state index in [9.17, 15) is 0 Å². The molecule has 0 radical (unpaired) electrons. The van der Waals surface area contributed by atoms with Gasteiger partial charge in [0, 0.05) is 13.2 Å². The predicted molar refractivity (Wildman–Crippen MR) is 64.8 cm³/mol. The molecule has 0 aromatic heterocycles. The van der Waals surface area contributed by atoms with Gasteiger partial charge in [-0.2, -0.15) is 0 Å². The van der Waals surface area contributed by atoms with E-state index in [1.807, 2.05) is 27.7 Å². The van der Waals surface area contributed by atoms with Crippen LogP contribution in [-0.4, -0.2) is 37.7 Å². The van der Waals surface area contributed by atoms with E-state index in [4.69, 9.17) is 4.74 Å². The summed E-state index contributed by atoms with van der Waals surface area (Å²) in [7, 11) is 3.96. The summed E-state index contributed by atoms with van der Waals surface area (Å²) >= 11 is 0. The number of hydrogen-bond donors (Lipinski definition) is 0. The zero-order valence-corrected chi connectivity index (χ0v) is 11.1. The highest BCUT2D eigenvalue weighted by molar-refractivity contribution is 4.80. The molecule has 2 unspecified atom stereocenters. The Bertz CT molecular complexity index is 106. The van der Waals surface area contributed by atoms with Crippen LogP contribution in [0.2, 0.25) is 0 Å². The average molecular weight is 203 g/mol. The molecule has 2 heteroatoms. The van der Waals surface area contributed by atoms with Crippen molar-refractivity contribution in [3.05, 3.63) is 0 Å². The summed E-state index contributed by atoms with van der Waals surface area (Å²) in [5.41, 5.74) is 0. The maximum atomic E-state index is 5.26. The number of hydrogen-bond acceptors (Lipinski definition) is 2.